The van der Waals surface area contributed by atoms with Gasteiger partial charge in [-0.1, -0.05) is 19.9 Å². The quantitative estimate of drug-likeness (QED) is 0.859. The van der Waals surface area contributed by atoms with Crippen molar-refractivity contribution in [2.75, 3.05) is 6.54 Å². The number of aromatic nitrogens is 1. The third kappa shape index (κ3) is 3.53. The largest absolute Gasteiger partial charge is 0.393 e. The second-order valence-corrected chi connectivity index (χ2v) is 5.99. The Morgan fingerprint density at radius 2 is 2.00 bits per heavy atom. The Bertz CT molecular complexity index is 356. The molecule has 0 radical (unpaired) electrons. The van der Waals surface area contributed by atoms with Crippen molar-refractivity contribution in [3.8, 4) is 0 Å². The van der Waals surface area contributed by atoms with Gasteiger partial charge in [-0.25, -0.2) is 0 Å². The van der Waals surface area contributed by atoms with Crippen molar-refractivity contribution in [1.82, 2.24) is 10.3 Å². The second kappa shape index (κ2) is 5.81. The average molecular weight is 248 g/mol. The minimum atomic E-state index is -0.0770. The summed E-state index contributed by atoms with van der Waals surface area (Å²) in [5, 5.41) is 13.1. The van der Waals surface area contributed by atoms with Crippen LogP contribution in [0.4, 0.5) is 0 Å². The lowest BCUT2D eigenvalue weighted by molar-refractivity contribution is 0.115. The summed E-state index contributed by atoms with van der Waals surface area (Å²) >= 11 is 0. The molecule has 3 heteroatoms. The van der Waals surface area contributed by atoms with Crippen LogP contribution < -0.4 is 5.32 Å². The van der Waals surface area contributed by atoms with Crippen molar-refractivity contribution in [3.05, 3.63) is 30.1 Å². The van der Waals surface area contributed by atoms with Crippen LogP contribution in [0.15, 0.2) is 24.4 Å². The van der Waals surface area contributed by atoms with Gasteiger partial charge in [-0.2, -0.15) is 0 Å². The van der Waals surface area contributed by atoms with E-state index in [4.69, 9.17) is 0 Å². The molecule has 18 heavy (non-hydrogen) atoms. The molecule has 1 aromatic rings. The van der Waals surface area contributed by atoms with Crippen LogP contribution in [0, 0.1) is 0 Å². The SMILES string of the molecule is CC(C)(CNC1CCC(O)CC1)c1ccccn1. The highest BCUT2D eigenvalue weighted by atomic mass is 16.3. The molecule has 1 fully saturated rings. The third-order valence-electron chi connectivity index (χ3n) is 3.89. The molecular weight excluding hydrogens is 224 g/mol. The minimum Gasteiger partial charge on any atom is -0.393 e. The fourth-order valence-electron chi connectivity index (χ4n) is 2.53. The first-order chi connectivity index (χ1) is 8.58. The number of nitrogens with one attached hydrogen (secondary N) is 1. The second-order valence-electron chi connectivity index (χ2n) is 5.99. The van der Waals surface area contributed by atoms with E-state index < -0.39 is 0 Å². The van der Waals surface area contributed by atoms with Crippen LogP contribution in [0.3, 0.4) is 0 Å². The Morgan fingerprint density at radius 1 is 1.28 bits per heavy atom. The van der Waals surface area contributed by atoms with Crippen LogP contribution in [-0.4, -0.2) is 28.8 Å². The zero-order valence-electron chi connectivity index (χ0n) is 11.4. The first-order valence-corrected chi connectivity index (χ1v) is 6.91. The van der Waals surface area contributed by atoms with Crippen LogP contribution in [0.1, 0.15) is 45.2 Å². The third-order valence-corrected chi connectivity index (χ3v) is 3.89. The molecule has 0 unspecified atom stereocenters. The molecule has 0 aromatic carbocycles. The standard InChI is InChI=1S/C15H24N2O/c1-15(2,14-5-3-4-10-16-14)11-17-12-6-8-13(18)9-7-12/h3-5,10,12-13,17-18H,6-9,11H2,1-2H3. The van der Waals surface area contributed by atoms with E-state index in [0.717, 1.165) is 37.9 Å². The van der Waals surface area contributed by atoms with E-state index in [1.807, 2.05) is 18.3 Å². The van der Waals surface area contributed by atoms with Crippen LogP contribution in [-0.2, 0) is 5.41 Å². The Labute approximate surface area is 110 Å². The van der Waals surface area contributed by atoms with Gasteiger partial charge in [0.1, 0.15) is 0 Å². The van der Waals surface area contributed by atoms with Crippen LogP contribution >= 0.6 is 0 Å². The summed E-state index contributed by atoms with van der Waals surface area (Å²) in [7, 11) is 0. The zero-order chi connectivity index (χ0) is 13.0. The molecule has 1 aromatic heterocycles. The van der Waals surface area contributed by atoms with Crippen molar-refractivity contribution in [1.29, 1.82) is 0 Å². The van der Waals surface area contributed by atoms with Crippen molar-refractivity contribution >= 4 is 0 Å². The summed E-state index contributed by atoms with van der Waals surface area (Å²) in [6.45, 7) is 5.38. The first kappa shape index (κ1) is 13.5. The highest BCUT2D eigenvalue weighted by Gasteiger charge is 2.25. The topological polar surface area (TPSA) is 45.1 Å². The molecule has 1 aliphatic carbocycles. The van der Waals surface area contributed by atoms with Crippen LogP contribution in [0.25, 0.3) is 0 Å². The maximum absolute atomic E-state index is 9.50. The molecule has 0 atom stereocenters. The molecule has 0 aliphatic heterocycles. The van der Waals surface area contributed by atoms with Gasteiger partial charge in [-0.05, 0) is 37.8 Å². The van der Waals surface area contributed by atoms with Crippen molar-refractivity contribution in [2.45, 2.75) is 57.1 Å². The van der Waals surface area contributed by atoms with E-state index in [-0.39, 0.29) is 11.5 Å². The summed E-state index contributed by atoms with van der Waals surface area (Å²) in [6, 6.07) is 6.64. The molecule has 100 valence electrons. The Hall–Kier alpha value is -0.930. The minimum absolute atomic E-state index is 0.0529. The predicted molar refractivity (Wildman–Crippen MR) is 73.5 cm³/mol. The molecule has 2 N–H and O–H groups in total. The van der Waals surface area contributed by atoms with Crippen molar-refractivity contribution < 1.29 is 5.11 Å². The van der Waals surface area contributed by atoms with E-state index >= 15 is 0 Å². The first-order valence-electron chi connectivity index (χ1n) is 6.91. The maximum Gasteiger partial charge on any atom is 0.0541 e. The van der Waals surface area contributed by atoms with Gasteiger partial charge in [0.2, 0.25) is 0 Å². The van der Waals surface area contributed by atoms with Crippen molar-refractivity contribution in [3.63, 3.8) is 0 Å². The maximum atomic E-state index is 9.50. The molecule has 1 heterocycles. The molecule has 0 amide bonds. The van der Waals surface area contributed by atoms with Gasteiger partial charge < -0.3 is 10.4 Å². The lowest BCUT2D eigenvalue weighted by Gasteiger charge is -2.31. The summed E-state index contributed by atoms with van der Waals surface area (Å²) < 4.78 is 0. The summed E-state index contributed by atoms with van der Waals surface area (Å²) in [6.07, 6.45) is 5.81. The van der Waals surface area contributed by atoms with Crippen LogP contribution in [0.2, 0.25) is 0 Å². The van der Waals surface area contributed by atoms with Gasteiger partial charge >= 0.3 is 0 Å². The van der Waals surface area contributed by atoms with Gasteiger partial charge in [0.15, 0.2) is 0 Å². The Balaban J connectivity index is 1.86. The molecule has 0 bridgehead atoms. The number of aliphatic hydroxyl groups is 1. The zero-order valence-corrected chi connectivity index (χ0v) is 11.4. The summed E-state index contributed by atoms with van der Waals surface area (Å²) in [5.74, 6) is 0. The molecule has 3 nitrogen and oxygen atoms in total. The lowest BCUT2D eigenvalue weighted by Crippen LogP contribution is -2.41. The Kier molecular flexibility index (Phi) is 4.36. The molecule has 1 saturated carbocycles. The molecule has 1 aliphatic rings. The summed E-state index contributed by atoms with van der Waals surface area (Å²) in [4.78, 5) is 4.45. The van der Waals surface area contributed by atoms with Gasteiger partial charge in [0.05, 0.1) is 6.10 Å². The molecule has 0 spiro atoms. The number of pyridine rings is 1. The van der Waals surface area contributed by atoms with E-state index in [0.29, 0.717) is 6.04 Å². The molecular formula is C15H24N2O. The predicted octanol–water partition coefficient (Wildman–Crippen LogP) is 2.25. The lowest BCUT2D eigenvalue weighted by atomic mass is 9.87. The normalized spacial score (nSPS) is 25.1. The van der Waals surface area contributed by atoms with Gasteiger partial charge in [0.25, 0.3) is 0 Å². The number of hydrogen-bond donors (Lipinski definition) is 2. The van der Waals surface area contributed by atoms with Gasteiger partial charge in [-0.15, -0.1) is 0 Å². The fraction of sp³-hybridized carbons (Fsp3) is 0.667. The smallest absolute Gasteiger partial charge is 0.0541 e. The highest BCUT2D eigenvalue weighted by Crippen LogP contribution is 2.22. The summed E-state index contributed by atoms with van der Waals surface area (Å²) in [5.41, 5.74) is 1.19. The number of hydrogen-bond acceptors (Lipinski definition) is 3. The van der Waals surface area contributed by atoms with E-state index in [1.165, 1.54) is 0 Å². The van der Waals surface area contributed by atoms with E-state index in [9.17, 15) is 5.11 Å². The average Bonchev–Trinajstić information content (AvgIpc) is 2.39. The van der Waals surface area contributed by atoms with E-state index in [1.54, 1.807) is 0 Å². The van der Waals surface area contributed by atoms with Crippen molar-refractivity contribution in [2.24, 2.45) is 0 Å². The number of rotatable bonds is 4. The van der Waals surface area contributed by atoms with Crippen LogP contribution in [0.5, 0.6) is 0 Å². The highest BCUT2D eigenvalue weighted by molar-refractivity contribution is 5.15. The van der Waals surface area contributed by atoms with Gasteiger partial charge in [0, 0.05) is 29.9 Å². The number of aliphatic hydroxyl groups excluding tert-OH is 1. The number of nitrogens with zero attached hydrogens (tertiary/aromatic N) is 1. The Morgan fingerprint density at radius 3 is 2.61 bits per heavy atom. The van der Waals surface area contributed by atoms with E-state index in [2.05, 4.69) is 30.2 Å². The monoisotopic (exact) mass is 248 g/mol. The fourth-order valence-corrected chi connectivity index (χ4v) is 2.53. The molecule has 2 rings (SSSR count). The van der Waals surface area contributed by atoms with Gasteiger partial charge in [-0.3, -0.25) is 4.98 Å². The molecule has 0 saturated heterocycles.